The molecule has 0 heterocycles. The number of rotatable bonds is 6. The van der Waals surface area contributed by atoms with Crippen LogP contribution >= 0.6 is 12.2 Å². The van der Waals surface area contributed by atoms with E-state index in [-0.39, 0.29) is 5.91 Å². The van der Waals surface area contributed by atoms with Crippen LogP contribution in [0.15, 0.2) is 0 Å². The molecule has 0 bridgehead atoms. The van der Waals surface area contributed by atoms with Crippen molar-refractivity contribution < 1.29 is 4.79 Å². The van der Waals surface area contributed by atoms with Crippen molar-refractivity contribution in [1.29, 1.82) is 0 Å². The Balaban J connectivity index is 2.46. The van der Waals surface area contributed by atoms with Crippen molar-refractivity contribution in [3.05, 3.63) is 0 Å². The normalized spacial score (nSPS) is 18.3. The molecule has 3 N–H and O–H groups in total. The fourth-order valence-corrected chi connectivity index (χ4v) is 2.61. The smallest absolute Gasteiger partial charge is 0.233 e. The molecule has 0 aromatic carbocycles. The molecule has 1 amide bonds. The van der Waals surface area contributed by atoms with E-state index in [1.807, 2.05) is 0 Å². The van der Waals surface area contributed by atoms with Gasteiger partial charge in [-0.1, -0.05) is 44.8 Å². The minimum Gasteiger partial charge on any atom is -0.392 e. The molecule has 3 nitrogen and oxygen atoms in total. The van der Waals surface area contributed by atoms with E-state index in [9.17, 15) is 4.79 Å². The highest BCUT2D eigenvalue weighted by molar-refractivity contribution is 7.80. The molecule has 0 aromatic heterocycles. The molecule has 0 saturated heterocycles. The summed E-state index contributed by atoms with van der Waals surface area (Å²) in [5.41, 5.74) is 5.19. The van der Waals surface area contributed by atoms with Crippen LogP contribution in [0.4, 0.5) is 0 Å². The van der Waals surface area contributed by atoms with Gasteiger partial charge in [0.25, 0.3) is 0 Å². The van der Waals surface area contributed by atoms with Crippen molar-refractivity contribution >= 4 is 23.1 Å². The van der Waals surface area contributed by atoms with Crippen LogP contribution in [0.2, 0.25) is 0 Å². The van der Waals surface area contributed by atoms with Crippen molar-refractivity contribution in [3.63, 3.8) is 0 Å². The molecule has 92 valence electrons. The molecule has 0 unspecified atom stereocenters. The maximum Gasteiger partial charge on any atom is 0.233 e. The van der Waals surface area contributed by atoms with Gasteiger partial charge in [0.1, 0.15) is 0 Å². The lowest BCUT2D eigenvalue weighted by molar-refractivity contribution is -0.127. The Morgan fingerprint density at radius 2 is 2.00 bits per heavy atom. The summed E-state index contributed by atoms with van der Waals surface area (Å²) in [6.45, 7) is 2.90. The van der Waals surface area contributed by atoms with E-state index < -0.39 is 5.41 Å². The fraction of sp³-hybridized carbons (Fsp3) is 0.833. The van der Waals surface area contributed by atoms with Gasteiger partial charge in [-0.15, -0.1) is 0 Å². The molecule has 0 aliphatic heterocycles. The predicted octanol–water partition coefficient (Wildman–Crippen LogP) is 2.14. The summed E-state index contributed by atoms with van der Waals surface area (Å²) in [5.74, 6) is 0.0496. The van der Waals surface area contributed by atoms with Crippen LogP contribution in [-0.4, -0.2) is 17.4 Å². The first-order valence-electron chi connectivity index (χ1n) is 6.21. The van der Waals surface area contributed by atoms with Crippen LogP contribution in [0.1, 0.15) is 51.9 Å². The van der Waals surface area contributed by atoms with Crippen molar-refractivity contribution in [2.45, 2.75) is 51.9 Å². The molecule has 4 heteroatoms. The van der Waals surface area contributed by atoms with Gasteiger partial charge >= 0.3 is 0 Å². The first kappa shape index (κ1) is 13.4. The highest BCUT2D eigenvalue weighted by Gasteiger charge is 2.43. The highest BCUT2D eigenvalue weighted by Crippen LogP contribution is 2.38. The molecule has 0 atom stereocenters. The Hall–Kier alpha value is -0.640. The van der Waals surface area contributed by atoms with Gasteiger partial charge in [0.15, 0.2) is 0 Å². The van der Waals surface area contributed by atoms with Crippen LogP contribution in [0, 0.1) is 5.41 Å². The third-order valence-electron chi connectivity index (χ3n) is 3.43. The van der Waals surface area contributed by atoms with E-state index in [1.165, 1.54) is 0 Å². The molecule has 1 aliphatic rings. The lowest BCUT2D eigenvalue weighted by Gasteiger charge is -2.26. The average molecular weight is 242 g/mol. The van der Waals surface area contributed by atoms with Crippen molar-refractivity contribution in [3.8, 4) is 0 Å². The number of unbranched alkanes of at least 4 members (excludes halogenated alkanes) is 2. The predicted molar refractivity (Wildman–Crippen MR) is 70.2 cm³/mol. The molecule has 1 aliphatic carbocycles. The molecule has 1 fully saturated rings. The second kappa shape index (κ2) is 6.18. The number of thiocarbonyl (C=S) groups is 1. The monoisotopic (exact) mass is 242 g/mol. The summed E-state index contributed by atoms with van der Waals surface area (Å²) in [6.07, 6.45) is 7.11. The Labute approximate surface area is 103 Å². The third kappa shape index (κ3) is 2.94. The first-order valence-corrected chi connectivity index (χ1v) is 6.62. The summed E-state index contributed by atoms with van der Waals surface area (Å²) in [6, 6.07) is 0. The summed E-state index contributed by atoms with van der Waals surface area (Å²) in [5, 5.41) is 2.98. The van der Waals surface area contributed by atoms with Gasteiger partial charge in [0.2, 0.25) is 5.91 Å². The first-order chi connectivity index (χ1) is 7.63. The second-order valence-corrected chi connectivity index (χ2v) is 5.06. The van der Waals surface area contributed by atoms with E-state index in [1.54, 1.807) is 0 Å². The molecule has 0 aromatic rings. The third-order valence-corrected chi connectivity index (χ3v) is 3.82. The van der Waals surface area contributed by atoms with Gasteiger partial charge in [0.05, 0.1) is 10.4 Å². The van der Waals surface area contributed by atoms with Crippen molar-refractivity contribution in [2.75, 3.05) is 6.54 Å². The quantitative estimate of drug-likeness (QED) is 0.554. The van der Waals surface area contributed by atoms with Gasteiger partial charge in [-0.25, -0.2) is 0 Å². The maximum atomic E-state index is 12.1. The van der Waals surface area contributed by atoms with Crippen LogP contribution in [-0.2, 0) is 4.79 Å². The van der Waals surface area contributed by atoms with Crippen LogP contribution < -0.4 is 11.1 Å². The summed E-state index contributed by atoms with van der Waals surface area (Å²) >= 11 is 5.06. The molecule has 16 heavy (non-hydrogen) atoms. The number of carbonyl (C=O) groups is 1. The number of carbonyl (C=O) groups excluding carboxylic acids is 1. The number of nitrogens with two attached hydrogens (primary N) is 1. The van der Waals surface area contributed by atoms with E-state index in [4.69, 9.17) is 18.0 Å². The zero-order valence-corrected chi connectivity index (χ0v) is 10.9. The van der Waals surface area contributed by atoms with E-state index in [0.717, 1.165) is 51.5 Å². The SMILES string of the molecule is CCCCCNC(=O)C1(C(N)=S)CCCC1. The fourth-order valence-electron chi connectivity index (χ4n) is 2.31. The molecular formula is C12H22N2OS. The highest BCUT2D eigenvalue weighted by atomic mass is 32.1. The topological polar surface area (TPSA) is 55.1 Å². The van der Waals surface area contributed by atoms with Gasteiger partial charge in [0, 0.05) is 6.54 Å². The number of hydrogen-bond acceptors (Lipinski definition) is 2. The molecule has 0 radical (unpaired) electrons. The number of hydrogen-bond donors (Lipinski definition) is 2. The molecule has 1 rings (SSSR count). The average Bonchev–Trinajstić information content (AvgIpc) is 2.74. The standard InChI is InChI=1S/C12H22N2OS/c1-2-3-6-9-14-11(15)12(10(13)16)7-4-5-8-12/h2-9H2,1H3,(H2,13,16)(H,14,15). The Kier molecular flexibility index (Phi) is 5.19. The second-order valence-electron chi connectivity index (χ2n) is 4.62. The molecule has 1 saturated carbocycles. The zero-order valence-electron chi connectivity index (χ0n) is 10.1. The van der Waals surface area contributed by atoms with Crippen molar-refractivity contribution in [1.82, 2.24) is 5.32 Å². The maximum absolute atomic E-state index is 12.1. The van der Waals surface area contributed by atoms with Crippen LogP contribution in [0.3, 0.4) is 0 Å². The van der Waals surface area contributed by atoms with E-state index in [0.29, 0.717) is 4.99 Å². The van der Waals surface area contributed by atoms with Gasteiger partial charge in [-0.2, -0.15) is 0 Å². The summed E-state index contributed by atoms with van der Waals surface area (Å²) < 4.78 is 0. The Morgan fingerprint density at radius 1 is 1.38 bits per heavy atom. The van der Waals surface area contributed by atoms with E-state index >= 15 is 0 Å². The Morgan fingerprint density at radius 3 is 2.50 bits per heavy atom. The summed E-state index contributed by atoms with van der Waals surface area (Å²) in [7, 11) is 0. The zero-order chi connectivity index (χ0) is 12.0. The van der Waals surface area contributed by atoms with Crippen LogP contribution in [0.5, 0.6) is 0 Å². The van der Waals surface area contributed by atoms with E-state index in [2.05, 4.69) is 12.2 Å². The number of amides is 1. The molecule has 0 spiro atoms. The number of nitrogens with one attached hydrogen (secondary N) is 1. The van der Waals surface area contributed by atoms with Crippen LogP contribution in [0.25, 0.3) is 0 Å². The minimum atomic E-state index is -0.540. The Bertz CT molecular complexity index is 260. The lowest BCUT2D eigenvalue weighted by Crippen LogP contribution is -2.47. The van der Waals surface area contributed by atoms with Gasteiger partial charge in [-0.05, 0) is 19.3 Å². The van der Waals surface area contributed by atoms with Gasteiger partial charge < -0.3 is 11.1 Å². The summed E-state index contributed by atoms with van der Waals surface area (Å²) in [4.78, 5) is 12.5. The minimum absolute atomic E-state index is 0.0496. The van der Waals surface area contributed by atoms with Crippen molar-refractivity contribution in [2.24, 2.45) is 11.1 Å². The molecular weight excluding hydrogens is 220 g/mol. The van der Waals surface area contributed by atoms with Gasteiger partial charge in [-0.3, -0.25) is 4.79 Å². The largest absolute Gasteiger partial charge is 0.392 e. The lowest BCUT2D eigenvalue weighted by atomic mass is 9.85.